The van der Waals surface area contributed by atoms with Crippen molar-refractivity contribution in [2.75, 3.05) is 10.2 Å². The monoisotopic (exact) mass is 609 g/mol. The van der Waals surface area contributed by atoms with Crippen LogP contribution in [0.15, 0.2) is 85.6 Å². The van der Waals surface area contributed by atoms with Gasteiger partial charge in [-0.3, -0.25) is 23.7 Å². The summed E-state index contributed by atoms with van der Waals surface area (Å²) in [6.45, 7) is 1.71. The number of anilines is 2. The van der Waals surface area contributed by atoms with E-state index in [1.165, 1.54) is 27.5 Å². The molecule has 2 aromatic heterocycles. The highest BCUT2D eigenvalue weighted by Crippen LogP contribution is 2.53. The molecule has 1 saturated heterocycles. The van der Waals surface area contributed by atoms with Gasteiger partial charge in [0.1, 0.15) is 17.6 Å². The topological polar surface area (TPSA) is 102 Å². The molecule has 0 aliphatic carbocycles. The summed E-state index contributed by atoms with van der Waals surface area (Å²) >= 11 is 5.54. The number of imide groups is 1. The number of aromatic nitrogens is 1. The molecular weight excluding hydrogens is 590 g/mol. The number of rotatable bonds is 5. The Labute approximate surface area is 233 Å². The Morgan fingerprint density at radius 1 is 1.05 bits per heavy atom. The van der Waals surface area contributed by atoms with E-state index >= 15 is 0 Å². The lowest BCUT2D eigenvalue weighted by Crippen LogP contribution is -2.32. The van der Waals surface area contributed by atoms with E-state index in [4.69, 9.17) is 4.42 Å². The molecule has 38 heavy (non-hydrogen) atoms. The number of benzene rings is 2. The first kappa shape index (κ1) is 24.9. The van der Waals surface area contributed by atoms with Crippen LogP contribution < -0.4 is 15.1 Å². The molecule has 3 atom stereocenters. The summed E-state index contributed by atoms with van der Waals surface area (Å²) in [5.41, 5.74) is 2.11. The van der Waals surface area contributed by atoms with E-state index in [0.717, 1.165) is 21.4 Å². The van der Waals surface area contributed by atoms with E-state index in [1.54, 1.807) is 42.5 Å². The number of aryl methyl sites for hydroxylation is 1. The maximum atomic E-state index is 13.7. The van der Waals surface area contributed by atoms with Crippen molar-refractivity contribution < 1.29 is 18.8 Å². The second-order valence-corrected chi connectivity index (χ2v) is 12.1. The number of carbonyl (C=O) groups excluding carboxylic acids is 3. The van der Waals surface area contributed by atoms with Crippen molar-refractivity contribution >= 4 is 68.1 Å². The smallest absolute Gasteiger partial charge is 0.308 e. The van der Waals surface area contributed by atoms with Gasteiger partial charge in [-0.1, -0.05) is 51.2 Å². The van der Waals surface area contributed by atoms with Gasteiger partial charge in [-0.25, -0.2) is 4.90 Å². The van der Waals surface area contributed by atoms with Crippen molar-refractivity contribution in [2.45, 2.75) is 29.7 Å². The largest absolute Gasteiger partial charge is 0.469 e. The molecule has 0 radical (unpaired) electrons. The van der Waals surface area contributed by atoms with Gasteiger partial charge < -0.3 is 9.73 Å². The first-order valence-corrected chi connectivity index (χ1v) is 14.2. The number of halogens is 1. The van der Waals surface area contributed by atoms with Gasteiger partial charge in [0.15, 0.2) is 0 Å². The molecule has 2 aliphatic rings. The summed E-state index contributed by atoms with van der Waals surface area (Å²) in [5, 5.41) is 2.58. The molecule has 0 spiro atoms. The van der Waals surface area contributed by atoms with Gasteiger partial charge >= 0.3 is 4.87 Å². The summed E-state index contributed by atoms with van der Waals surface area (Å²) < 4.78 is 7.94. The molecule has 1 fully saturated rings. The SMILES string of the molecule is Cc1cccc(NC(=O)Cn2c3c(sc2=O)[C@@H](c2ccco2)[C@@H]2C(=O)N(c4ccc(Br)cc4)C(=O)[C@@H]2S3)c1. The minimum Gasteiger partial charge on any atom is -0.469 e. The van der Waals surface area contributed by atoms with Crippen molar-refractivity contribution in [1.29, 1.82) is 0 Å². The zero-order chi connectivity index (χ0) is 26.6. The number of nitrogens with one attached hydrogen (secondary N) is 1. The summed E-state index contributed by atoms with van der Waals surface area (Å²) in [6, 6.07) is 17.8. The second-order valence-electron chi connectivity index (χ2n) is 9.09. The zero-order valence-electron chi connectivity index (χ0n) is 19.9. The lowest BCUT2D eigenvalue weighted by atomic mass is 9.87. The number of fused-ring (bicyclic) bond motifs is 2. The fraction of sp³-hybridized carbons (Fsp3) is 0.185. The van der Waals surface area contributed by atoms with Crippen LogP contribution in [-0.2, 0) is 20.9 Å². The van der Waals surface area contributed by atoms with Crippen molar-refractivity contribution in [3.63, 3.8) is 0 Å². The van der Waals surface area contributed by atoms with Gasteiger partial charge in [0.2, 0.25) is 17.7 Å². The maximum Gasteiger partial charge on any atom is 0.308 e. The van der Waals surface area contributed by atoms with Gasteiger partial charge in [-0.2, -0.15) is 0 Å². The Balaban J connectivity index is 1.38. The molecular formula is C27H20BrN3O5S2. The Morgan fingerprint density at radius 2 is 1.84 bits per heavy atom. The van der Waals surface area contributed by atoms with Crippen LogP contribution in [-0.4, -0.2) is 27.5 Å². The van der Waals surface area contributed by atoms with Crippen molar-refractivity contribution in [3.05, 3.63) is 97.3 Å². The molecule has 2 aromatic carbocycles. The third kappa shape index (κ3) is 4.24. The molecule has 8 nitrogen and oxygen atoms in total. The molecule has 6 rings (SSSR count). The molecule has 192 valence electrons. The summed E-state index contributed by atoms with van der Waals surface area (Å²) in [4.78, 5) is 55.0. The van der Waals surface area contributed by atoms with Gasteiger partial charge in [0, 0.05) is 10.2 Å². The lowest BCUT2D eigenvalue weighted by Gasteiger charge is -2.29. The first-order valence-electron chi connectivity index (χ1n) is 11.8. The predicted octanol–water partition coefficient (Wildman–Crippen LogP) is 5.01. The lowest BCUT2D eigenvalue weighted by molar-refractivity contribution is -0.122. The van der Waals surface area contributed by atoms with Crippen LogP contribution in [0.2, 0.25) is 0 Å². The number of thioether (sulfide) groups is 1. The van der Waals surface area contributed by atoms with Gasteiger partial charge in [-0.05, 0) is 61.0 Å². The Morgan fingerprint density at radius 3 is 2.55 bits per heavy atom. The molecule has 1 N–H and O–H groups in total. The summed E-state index contributed by atoms with van der Waals surface area (Å²) in [5.74, 6) is -1.93. The van der Waals surface area contributed by atoms with E-state index in [1.807, 2.05) is 25.1 Å². The molecule has 4 aromatic rings. The molecule has 0 unspecified atom stereocenters. The van der Waals surface area contributed by atoms with Crippen LogP contribution in [0.5, 0.6) is 0 Å². The third-order valence-corrected chi connectivity index (χ3v) is 9.72. The fourth-order valence-corrected chi connectivity index (χ4v) is 7.96. The average molecular weight is 611 g/mol. The Hall–Kier alpha value is -3.41. The quantitative estimate of drug-likeness (QED) is 0.319. The zero-order valence-corrected chi connectivity index (χ0v) is 23.1. The van der Waals surface area contributed by atoms with Crippen LogP contribution in [0, 0.1) is 12.8 Å². The van der Waals surface area contributed by atoms with Gasteiger partial charge in [0.25, 0.3) is 0 Å². The van der Waals surface area contributed by atoms with Crippen LogP contribution >= 0.6 is 39.0 Å². The first-order chi connectivity index (χ1) is 18.3. The number of carbonyl (C=O) groups is 3. The van der Waals surface area contributed by atoms with Crippen LogP contribution in [0.3, 0.4) is 0 Å². The van der Waals surface area contributed by atoms with Crippen LogP contribution in [0.1, 0.15) is 22.1 Å². The average Bonchev–Trinajstić information content (AvgIpc) is 3.58. The molecule has 0 saturated carbocycles. The highest BCUT2D eigenvalue weighted by molar-refractivity contribution is 9.10. The highest BCUT2D eigenvalue weighted by atomic mass is 79.9. The van der Waals surface area contributed by atoms with E-state index in [0.29, 0.717) is 27.0 Å². The van der Waals surface area contributed by atoms with Crippen LogP contribution in [0.4, 0.5) is 11.4 Å². The van der Waals surface area contributed by atoms with Gasteiger partial charge in [-0.15, -0.1) is 0 Å². The fourth-order valence-electron chi connectivity index (χ4n) is 4.94. The summed E-state index contributed by atoms with van der Waals surface area (Å²) in [7, 11) is 0. The third-order valence-electron chi connectivity index (χ3n) is 6.59. The number of hydrogen-bond acceptors (Lipinski definition) is 7. The van der Waals surface area contributed by atoms with E-state index in [2.05, 4.69) is 21.2 Å². The van der Waals surface area contributed by atoms with Crippen molar-refractivity contribution in [2.24, 2.45) is 5.92 Å². The molecule has 2 aliphatic heterocycles. The molecule has 4 heterocycles. The maximum absolute atomic E-state index is 13.7. The number of nitrogens with zero attached hydrogens (tertiary/aromatic N) is 2. The number of furan rings is 1. The standard InChI is InChI=1S/C27H20BrN3O5S2/c1-14-4-2-5-16(12-14)29-19(32)13-30-26-23(38-27(30)35)20(18-6-3-11-36-18)21-22(37-26)25(34)31(24(21)33)17-9-7-15(28)8-10-17/h2-12,20-22H,13H2,1H3,(H,29,32)/t20-,21-,22+/m0/s1. The number of hydrogen-bond donors (Lipinski definition) is 1. The van der Waals surface area contributed by atoms with Crippen molar-refractivity contribution in [3.8, 4) is 0 Å². The Kier molecular flexibility index (Phi) is 6.37. The van der Waals surface area contributed by atoms with E-state index < -0.39 is 17.1 Å². The normalized spacial score (nSPS) is 20.4. The minimum absolute atomic E-state index is 0.216. The molecule has 3 amide bonds. The second kappa shape index (κ2) is 9.72. The van der Waals surface area contributed by atoms with Crippen molar-refractivity contribution in [1.82, 2.24) is 4.57 Å². The Bertz CT molecular complexity index is 1630. The number of thiazole rings is 1. The van der Waals surface area contributed by atoms with E-state index in [9.17, 15) is 19.2 Å². The van der Waals surface area contributed by atoms with E-state index in [-0.39, 0.29) is 29.1 Å². The molecule has 11 heteroatoms. The minimum atomic E-state index is -0.770. The molecule has 0 bridgehead atoms. The highest BCUT2D eigenvalue weighted by Gasteiger charge is 2.57. The van der Waals surface area contributed by atoms with Crippen LogP contribution in [0.25, 0.3) is 0 Å². The predicted molar refractivity (Wildman–Crippen MR) is 149 cm³/mol. The number of amides is 3. The summed E-state index contributed by atoms with van der Waals surface area (Å²) in [6.07, 6.45) is 1.51. The van der Waals surface area contributed by atoms with Gasteiger partial charge in [0.05, 0.1) is 33.7 Å².